The number of aromatic nitrogens is 3. The lowest BCUT2D eigenvalue weighted by molar-refractivity contribution is 0.325. The zero-order chi connectivity index (χ0) is 19.0. The third-order valence-electron chi connectivity index (χ3n) is 4.63. The number of benzene rings is 2. The molecule has 0 fully saturated rings. The third kappa shape index (κ3) is 3.42. The van der Waals surface area contributed by atoms with E-state index < -0.39 is 0 Å². The van der Waals surface area contributed by atoms with E-state index in [-0.39, 0.29) is 18.0 Å². The lowest BCUT2D eigenvalue weighted by atomic mass is 9.93. The molecule has 0 spiro atoms. The SMILES string of the molecule is CCOc1ccccc1[C@H]1C[C@H](c2ccc(Cl)c(Cl)c2)Nc2nc(N)nn21. The molecule has 3 aromatic rings. The highest BCUT2D eigenvalue weighted by Gasteiger charge is 2.32. The predicted octanol–water partition coefficient (Wildman–Crippen LogP) is 4.71. The van der Waals surface area contributed by atoms with Crippen LogP contribution in [0, 0.1) is 0 Å². The van der Waals surface area contributed by atoms with E-state index in [2.05, 4.69) is 21.5 Å². The van der Waals surface area contributed by atoms with E-state index in [9.17, 15) is 0 Å². The Morgan fingerprint density at radius 2 is 2.04 bits per heavy atom. The van der Waals surface area contributed by atoms with Gasteiger partial charge in [0.1, 0.15) is 5.75 Å². The van der Waals surface area contributed by atoms with Crippen molar-refractivity contribution in [3.63, 3.8) is 0 Å². The Hall–Kier alpha value is -2.44. The number of nitrogens with two attached hydrogens (primary N) is 1. The van der Waals surface area contributed by atoms with Crippen LogP contribution in [0.15, 0.2) is 42.5 Å². The van der Waals surface area contributed by atoms with Gasteiger partial charge in [-0.3, -0.25) is 0 Å². The maximum Gasteiger partial charge on any atom is 0.241 e. The summed E-state index contributed by atoms with van der Waals surface area (Å²) in [6.07, 6.45) is 0.734. The number of rotatable bonds is 4. The summed E-state index contributed by atoms with van der Waals surface area (Å²) in [6.45, 7) is 2.56. The fraction of sp³-hybridized carbons (Fsp3) is 0.263. The number of anilines is 2. The molecule has 8 heteroatoms. The van der Waals surface area contributed by atoms with Gasteiger partial charge in [-0.25, -0.2) is 4.68 Å². The maximum atomic E-state index is 6.22. The number of hydrogen-bond donors (Lipinski definition) is 2. The highest BCUT2D eigenvalue weighted by molar-refractivity contribution is 6.42. The molecule has 140 valence electrons. The average molecular weight is 404 g/mol. The highest BCUT2D eigenvalue weighted by Crippen LogP contribution is 2.41. The quantitative estimate of drug-likeness (QED) is 0.659. The Morgan fingerprint density at radius 3 is 2.81 bits per heavy atom. The zero-order valence-corrected chi connectivity index (χ0v) is 16.2. The molecule has 0 radical (unpaired) electrons. The maximum absolute atomic E-state index is 6.22. The Morgan fingerprint density at radius 1 is 1.22 bits per heavy atom. The van der Waals surface area contributed by atoms with E-state index in [4.69, 9.17) is 33.7 Å². The topological polar surface area (TPSA) is 78.0 Å². The van der Waals surface area contributed by atoms with Gasteiger partial charge in [-0.05, 0) is 37.1 Å². The summed E-state index contributed by atoms with van der Waals surface area (Å²) >= 11 is 12.3. The summed E-state index contributed by atoms with van der Waals surface area (Å²) in [4.78, 5) is 4.34. The molecule has 0 unspecified atom stereocenters. The van der Waals surface area contributed by atoms with Crippen LogP contribution in [0.2, 0.25) is 10.0 Å². The molecular formula is C19H19Cl2N5O. The second-order valence-electron chi connectivity index (χ2n) is 6.33. The van der Waals surface area contributed by atoms with Crippen molar-refractivity contribution in [2.75, 3.05) is 17.7 Å². The van der Waals surface area contributed by atoms with Gasteiger partial charge in [-0.1, -0.05) is 47.5 Å². The van der Waals surface area contributed by atoms with Crippen LogP contribution in [0.1, 0.15) is 36.6 Å². The van der Waals surface area contributed by atoms with Gasteiger partial charge in [-0.2, -0.15) is 4.98 Å². The zero-order valence-electron chi connectivity index (χ0n) is 14.7. The molecule has 27 heavy (non-hydrogen) atoms. The van der Waals surface area contributed by atoms with Crippen molar-refractivity contribution in [3.05, 3.63) is 63.6 Å². The first-order valence-electron chi connectivity index (χ1n) is 8.72. The fourth-order valence-corrected chi connectivity index (χ4v) is 3.75. The van der Waals surface area contributed by atoms with Gasteiger partial charge < -0.3 is 15.8 Å². The minimum atomic E-state index is -0.0757. The molecule has 0 amide bonds. The second kappa shape index (κ2) is 7.29. The molecule has 2 aromatic carbocycles. The Balaban J connectivity index is 1.78. The summed E-state index contributed by atoms with van der Waals surface area (Å²) in [5, 5.41) is 8.84. The van der Waals surface area contributed by atoms with Crippen molar-refractivity contribution in [1.82, 2.24) is 14.8 Å². The van der Waals surface area contributed by atoms with E-state index in [1.807, 2.05) is 41.9 Å². The van der Waals surface area contributed by atoms with Crippen molar-refractivity contribution < 1.29 is 4.74 Å². The standard InChI is InChI=1S/C19H19Cl2N5O/c1-2-27-17-6-4-3-5-12(17)16-10-15(11-7-8-13(20)14(21)9-11)23-19-24-18(22)25-26(16)19/h3-9,15-16H,2,10H2,1H3,(H3,22,23,24,25)/t15-,16-/m1/s1. The minimum absolute atomic E-state index is 0.0180. The van der Waals surface area contributed by atoms with E-state index in [0.29, 0.717) is 22.6 Å². The lowest BCUT2D eigenvalue weighted by Crippen LogP contribution is -2.28. The monoisotopic (exact) mass is 403 g/mol. The number of nitrogen functional groups attached to an aromatic ring is 1. The largest absolute Gasteiger partial charge is 0.494 e. The van der Waals surface area contributed by atoms with Gasteiger partial charge in [0, 0.05) is 5.56 Å². The minimum Gasteiger partial charge on any atom is -0.494 e. The molecule has 6 nitrogen and oxygen atoms in total. The van der Waals surface area contributed by atoms with Gasteiger partial charge in [0.15, 0.2) is 0 Å². The van der Waals surface area contributed by atoms with Gasteiger partial charge in [0.25, 0.3) is 0 Å². The van der Waals surface area contributed by atoms with Crippen molar-refractivity contribution in [2.24, 2.45) is 0 Å². The van der Waals surface area contributed by atoms with Crippen molar-refractivity contribution in [1.29, 1.82) is 0 Å². The van der Waals surface area contributed by atoms with Crippen molar-refractivity contribution in [3.8, 4) is 5.75 Å². The van der Waals surface area contributed by atoms with Crippen LogP contribution in [0.3, 0.4) is 0 Å². The molecule has 0 bridgehead atoms. The summed E-state index contributed by atoms with van der Waals surface area (Å²) < 4.78 is 7.66. The predicted molar refractivity (Wildman–Crippen MR) is 108 cm³/mol. The summed E-state index contributed by atoms with van der Waals surface area (Å²) in [5.74, 6) is 1.68. The van der Waals surface area contributed by atoms with Gasteiger partial charge >= 0.3 is 0 Å². The van der Waals surface area contributed by atoms with Crippen molar-refractivity contribution >= 4 is 35.1 Å². The summed E-state index contributed by atoms with van der Waals surface area (Å²) in [6, 6.07) is 13.5. The molecule has 3 N–H and O–H groups in total. The Bertz CT molecular complexity index is 974. The molecule has 1 aliphatic rings. The molecule has 0 saturated carbocycles. The number of para-hydroxylation sites is 1. The highest BCUT2D eigenvalue weighted by atomic mass is 35.5. The van der Waals surface area contributed by atoms with Gasteiger partial charge in [-0.15, -0.1) is 5.10 Å². The molecule has 1 aromatic heterocycles. The second-order valence-corrected chi connectivity index (χ2v) is 7.15. The van der Waals surface area contributed by atoms with Crippen LogP contribution in [-0.4, -0.2) is 21.4 Å². The summed E-state index contributed by atoms with van der Waals surface area (Å²) in [5.41, 5.74) is 7.93. The fourth-order valence-electron chi connectivity index (χ4n) is 3.44. The van der Waals surface area contributed by atoms with Crippen LogP contribution in [-0.2, 0) is 0 Å². The smallest absolute Gasteiger partial charge is 0.241 e. The number of nitrogens with one attached hydrogen (secondary N) is 1. The summed E-state index contributed by atoms with van der Waals surface area (Å²) in [7, 11) is 0. The van der Waals surface area contributed by atoms with E-state index in [0.717, 1.165) is 23.3 Å². The average Bonchev–Trinajstić information content (AvgIpc) is 3.04. The van der Waals surface area contributed by atoms with Crippen LogP contribution < -0.4 is 15.8 Å². The van der Waals surface area contributed by atoms with Crippen molar-refractivity contribution in [2.45, 2.75) is 25.4 Å². The van der Waals surface area contributed by atoms with Crippen LogP contribution in [0.4, 0.5) is 11.9 Å². The number of ether oxygens (including phenoxy) is 1. The van der Waals surface area contributed by atoms with Gasteiger partial charge in [0.2, 0.25) is 11.9 Å². The van der Waals surface area contributed by atoms with E-state index >= 15 is 0 Å². The van der Waals surface area contributed by atoms with E-state index in [1.165, 1.54) is 0 Å². The molecule has 0 saturated heterocycles. The normalized spacial score (nSPS) is 18.6. The Kier molecular flexibility index (Phi) is 4.85. The molecule has 2 heterocycles. The van der Waals surface area contributed by atoms with Crippen LogP contribution in [0.25, 0.3) is 0 Å². The molecule has 4 rings (SSSR count). The number of nitrogens with zero attached hydrogens (tertiary/aromatic N) is 3. The number of halogens is 2. The first kappa shape index (κ1) is 17.9. The third-order valence-corrected chi connectivity index (χ3v) is 5.37. The molecule has 2 atom stereocenters. The van der Waals surface area contributed by atoms with Gasteiger partial charge in [0.05, 0.1) is 28.7 Å². The molecule has 1 aliphatic heterocycles. The molecule has 0 aliphatic carbocycles. The number of hydrogen-bond acceptors (Lipinski definition) is 5. The lowest BCUT2D eigenvalue weighted by Gasteiger charge is -2.32. The number of fused-ring (bicyclic) bond motifs is 1. The van der Waals surface area contributed by atoms with E-state index in [1.54, 1.807) is 6.07 Å². The van der Waals surface area contributed by atoms with Crippen LogP contribution >= 0.6 is 23.2 Å². The molecular weight excluding hydrogens is 385 g/mol. The van der Waals surface area contributed by atoms with Crippen LogP contribution in [0.5, 0.6) is 5.75 Å². The Labute approximate surface area is 167 Å². The first-order chi connectivity index (χ1) is 13.1. The first-order valence-corrected chi connectivity index (χ1v) is 9.47.